The first-order chi connectivity index (χ1) is 11.1. The Hall–Kier alpha value is -2.63. The second kappa shape index (κ2) is 6.64. The molecule has 120 valence electrons. The molecule has 23 heavy (non-hydrogen) atoms. The van der Waals surface area contributed by atoms with Crippen LogP contribution in [0.3, 0.4) is 0 Å². The van der Waals surface area contributed by atoms with Crippen LogP contribution in [0, 0.1) is 5.92 Å². The highest BCUT2D eigenvalue weighted by Gasteiger charge is 2.34. The molecule has 2 aromatic rings. The van der Waals surface area contributed by atoms with Crippen molar-refractivity contribution in [2.75, 3.05) is 6.54 Å². The number of hydrogen-bond donors (Lipinski definition) is 1. The van der Waals surface area contributed by atoms with Crippen molar-refractivity contribution in [1.29, 1.82) is 0 Å². The van der Waals surface area contributed by atoms with E-state index in [0.717, 1.165) is 11.3 Å². The normalized spacial score (nSPS) is 17.5. The Balaban J connectivity index is 1.54. The zero-order valence-corrected chi connectivity index (χ0v) is 13.1. The van der Waals surface area contributed by atoms with Crippen molar-refractivity contribution in [3.63, 3.8) is 0 Å². The van der Waals surface area contributed by atoms with Gasteiger partial charge in [-0.3, -0.25) is 14.3 Å². The van der Waals surface area contributed by atoms with Gasteiger partial charge in [-0.2, -0.15) is 5.10 Å². The second-order valence-corrected chi connectivity index (χ2v) is 5.82. The molecule has 6 nitrogen and oxygen atoms in total. The van der Waals surface area contributed by atoms with E-state index in [0.29, 0.717) is 19.6 Å². The van der Waals surface area contributed by atoms with E-state index >= 15 is 0 Å². The Morgan fingerprint density at radius 1 is 1.30 bits per heavy atom. The summed E-state index contributed by atoms with van der Waals surface area (Å²) < 4.78 is 1.72. The Morgan fingerprint density at radius 3 is 2.78 bits per heavy atom. The molecule has 0 aliphatic carbocycles. The predicted octanol–water partition coefficient (Wildman–Crippen LogP) is 1.08. The second-order valence-electron chi connectivity index (χ2n) is 5.82. The third-order valence-electron chi connectivity index (χ3n) is 4.17. The molecule has 1 aromatic heterocycles. The summed E-state index contributed by atoms with van der Waals surface area (Å²) in [6.07, 6.45) is 1.98. The number of amides is 2. The number of benzene rings is 1. The SMILES string of the molecule is Cn1nccc1CNC(=O)C1CC(=O)N(Cc2ccccc2)C1. The molecule has 1 fully saturated rings. The molecule has 1 atom stereocenters. The van der Waals surface area contributed by atoms with Crippen LogP contribution in [0.2, 0.25) is 0 Å². The molecule has 3 rings (SSSR count). The zero-order chi connectivity index (χ0) is 16.2. The van der Waals surface area contributed by atoms with E-state index in [1.807, 2.05) is 43.4 Å². The molecular formula is C17H20N4O2. The lowest BCUT2D eigenvalue weighted by Gasteiger charge is -2.16. The summed E-state index contributed by atoms with van der Waals surface area (Å²) >= 11 is 0. The first kappa shape index (κ1) is 15.3. The summed E-state index contributed by atoms with van der Waals surface area (Å²) in [5, 5.41) is 6.96. The van der Waals surface area contributed by atoms with Gasteiger partial charge in [0.05, 0.1) is 18.2 Å². The summed E-state index contributed by atoms with van der Waals surface area (Å²) in [6, 6.07) is 11.7. The molecule has 2 amide bonds. The van der Waals surface area contributed by atoms with Crippen LogP contribution in [0.15, 0.2) is 42.6 Å². The van der Waals surface area contributed by atoms with Gasteiger partial charge in [0.25, 0.3) is 0 Å². The number of carbonyl (C=O) groups is 2. The lowest BCUT2D eigenvalue weighted by atomic mass is 10.1. The summed E-state index contributed by atoms with van der Waals surface area (Å²) in [6.45, 7) is 1.47. The molecule has 1 N–H and O–H groups in total. The average Bonchev–Trinajstić information content (AvgIpc) is 3.12. The number of carbonyl (C=O) groups excluding carboxylic acids is 2. The van der Waals surface area contributed by atoms with E-state index in [1.165, 1.54) is 0 Å². The maximum absolute atomic E-state index is 12.3. The van der Waals surface area contributed by atoms with Crippen LogP contribution >= 0.6 is 0 Å². The van der Waals surface area contributed by atoms with E-state index in [1.54, 1.807) is 15.8 Å². The molecule has 1 aromatic carbocycles. The van der Waals surface area contributed by atoms with Crippen molar-refractivity contribution in [1.82, 2.24) is 20.0 Å². The summed E-state index contributed by atoms with van der Waals surface area (Å²) in [4.78, 5) is 26.1. The predicted molar refractivity (Wildman–Crippen MR) is 85.0 cm³/mol. The molecule has 1 aliphatic heterocycles. The molecule has 1 saturated heterocycles. The monoisotopic (exact) mass is 312 g/mol. The van der Waals surface area contributed by atoms with E-state index < -0.39 is 0 Å². The largest absolute Gasteiger partial charge is 0.350 e. The third-order valence-corrected chi connectivity index (χ3v) is 4.17. The summed E-state index contributed by atoms with van der Waals surface area (Å²) in [7, 11) is 1.84. The number of likely N-dealkylation sites (tertiary alicyclic amines) is 1. The van der Waals surface area contributed by atoms with Gasteiger partial charge in [-0.1, -0.05) is 30.3 Å². The lowest BCUT2D eigenvalue weighted by molar-refractivity contribution is -0.129. The smallest absolute Gasteiger partial charge is 0.225 e. The maximum atomic E-state index is 12.3. The molecule has 6 heteroatoms. The van der Waals surface area contributed by atoms with E-state index in [-0.39, 0.29) is 24.2 Å². The van der Waals surface area contributed by atoms with Gasteiger partial charge in [0.1, 0.15) is 0 Å². The maximum Gasteiger partial charge on any atom is 0.225 e. The fourth-order valence-corrected chi connectivity index (χ4v) is 2.80. The van der Waals surface area contributed by atoms with Crippen molar-refractivity contribution in [3.05, 3.63) is 53.9 Å². The number of rotatable bonds is 5. The van der Waals surface area contributed by atoms with Gasteiger partial charge in [0, 0.05) is 32.8 Å². The van der Waals surface area contributed by atoms with Gasteiger partial charge in [-0.25, -0.2) is 0 Å². The van der Waals surface area contributed by atoms with Crippen LogP contribution in [0.5, 0.6) is 0 Å². The minimum atomic E-state index is -0.278. The van der Waals surface area contributed by atoms with Crippen molar-refractivity contribution >= 4 is 11.8 Å². The van der Waals surface area contributed by atoms with Crippen LogP contribution in [-0.2, 0) is 29.7 Å². The topological polar surface area (TPSA) is 67.2 Å². The van der Waals surface area contributed by atoms with Crippen LogP contribution in [0.25, 0.3) is 0 Å². The number of aromatic nitrogens is 2. The quantitative estimate of drug-likeness (QED) is 0.898. The van der Waals surface area contributed by atoms with E-state index in [9.17, 15) is 9.59 Å². The fraction of sp³-hybridized carbons (Fsp3) is 0.353. The van der Waals surface area contributed by atoms with Crippen LogP contribution in [0.4, 0.5) is 0 Å². The van der Waals surface area contributed by atoms with Gasteiger partial charge in [-0.05, 0) is 11.6 Å². The lowest BCUT2D eigenvalue weighted by Crippen LogP contribution is -2.33. The van der Waals surface area contributed by atoms with Crippen LogP contribution in [-0.4, -0.2) is 33.0 Å². The molecule has 0 bridgehead atoms. The van der Waals surface area contributed by atoms with E-state index in [4.69, 9.17) is 0 Å². The molecule has 2 heterocycles. The first-order valence-electron chi connectivity index (χ1n) is 7.70. The Labute approximate surface area is 135 Å². The highest BCUT2D eigenvalue weighted by molar-refractivity contribution is 5.89. The van der Waals surface area contributed by atoms with Crippen molar-refractivity contribution in [2.24, 2.45) is 13.0 Å². The molecule has 1 unspecified atom stereocenters. The van der Waals surface area contributed by atoms with Crippen LogP contribution in [0.1, 0.15) is 17.7 Å². The number of nitrogens with one attached hydrogen (secondary N) is 1. The molecule has 0 saturated carbocycles. The van der Waals surface area contributed by atoms with E-state index in [2.05, 4.69) is 10.4 Å². The Kier molecular flexibility index (Phi) is 4.41. The molecule has 0 radical (unpaired) electrons. The standard InChI is InChI=1S/C17H20N4O2/c1-20-15(7-8-19-20)10-18-17(23)14-9-16(22)21(12-14)11-13-5-3-2-4-6-13/h2-8,14H,9-12H2,1H3,(H,18,23). The Bertz CT molecular complexity index is 696. The van der Waals surface area contributed by atoms with Gasteiger partial charge in [0.15, 0.2) is 0 Å². The average molecular weight is 312 g/mol. The molecule has 1 aliphatic rings. The van der Waals surface area contributed by atoms with Gasteiger partial charge in [0.2, 0.25) is 11.8 Å². The minimum absolute atomic E-state index is 0.0366. The molecular weight excluding hydrogens is 292 g/mol. The fourth-order valence-electron chi connectivity index (χ4n) is 2.80. The highest BCUT2D eigenvalue weighted by Crippen LogP contribution is 2.20. The number of hydrogen-bond acceptors (Lipinski definition) is 3. The third kappa shape index (κ3) is 3.59. The Morgan fingerprint density at radius 2 is 2.09 bits per heavy atom. The zero-order valence-electron chi connectivity index (χ0n) is 13.1. The number of nitrogens with zero attached hydrogens (tertiary/aromatic N) is 3. The minimum Gasteiger partial charge on any atom is -0.350 e. The van der Waals surface area contributed by atoms with Crippen molar-refractivity contribution in [2.45, 2.75) is 19.5 Å². The molecule has 0 spiro atoms. The van der Waals surface area contributed by atoms with Crippen LogP contribution < -0.4 is 5.32 Å². The first-order valence-corrected chi connectivity index (χ1v) is 7.70. The van der Waals surface area contributed by atoms with Crippen molar-refractivity contribution < 1.29 is 9.59 Å². The van der Waals surface area contributed by atoms with Gasteiger partial charge in [-0.15, -0.1) is 0 Å². The van der Waals surface area contributed by atoms with Crippen molar-refractivity contribution in [3.8, 4) is 0 Å². The van der Waals surface area contributed by atoms with Gasteiger partial charge < -0.3 is 10.2 Å². The van der Waals surface area contributed by atoms with Gasteiger partial charge >= 0.3 is 0 Å². The summed E-state index contributed by atoms with van der Waals surface area (Å²) in [5.41, 5.74) is 2.01. The highest BCUT2D eigenvalue weighted by atomic mass is 16.2. The number of aryl methyl sites for hydroxylation is 1. The summed E-state index contributed by atoms with van der Waals surface area (Å²) in [5.74, 6) is -0.316.